The van der Waals surface area contributed by atoms with E-state index in [1.54, 1.807) is 4.52 Å². The van der Waals surface area contributed by atoms with E-state index in [2.05, 4.69) is 20.6 Å². The van der Waals surface area contributed by atoms with E-state index in [-0.39, 0.29) is 5.91 Å². The molecular weight excluding hydrogens is 430 g/mol. The molecule has 31 heavy (non-hydrogen) atoms. The molecule has 8 heteroatoms. The predicted octanol–water partition coefficient (Wildman–Crippen LogP) is 5.78. The van der Waals surface area contributed by atoms with Gasteiger partial charge in [0.2, 0.25) is 4.96 Å². The number of nitrogens with one attached hydrogen (secondary N) is 1. The Kier molecular flexibility index (Phi) is 4.92. The number of aromatic nitrogens is 4. The second-order valence-corrected chi connectivity index (χ2v) is 8.56. The maximum Gasteiger partial charge on any atom is 0.256 e. The Labute approximate surface area is 187 Å². The monoisotopic (exact) mass is 447 g/mol. The van der Waals surface area contributed by atoms with E-state index in [0.717, 1.165) is 49.8 Å². The fourth-order valence-electron chi connectivity index (χ4n) is 3.54. The van der Waals surface area contributed by atoms with Gasteiger partial charge >= 0.3 is 0 Å². The highest BCUT2D eigenvalue weighted by atomic mass is 35.5. The van der Waals surface area contributed by atoms with Crippen LogP contribution in [-0.2, 0) is 6.42 Å². The number of nitrogens with zero attached hydrogens (tertiary/aromatic N) is 4. The molecule has 0 fully saturated rings. The van der Waals surface area contributed by atoms with Crippen molar-refractivity contribution in [1.29, 1.82) is 0 Å². The maximum atomic E-state index is 13.1. The van der Waals surface area contributed by atoms with Crippen molar-refractivity contribution in [3.63, 3.8) is 0 Å². The van der Waals surface area contributed by atoms with E-state index in [1.807, 2.05) is 68.4 Å². The van der Waals surface area contributed by atoms with Crippen LogP contribution in [0.5, 0.6) is 0 Å². The van der Waals surface area contributed by atoms with Crippen LogP contribution in [0.3, 0.4) is 0 Å². The molecule has 5 rings (SSSR count). The van der Waals surface area contributed by atoms with Crippen LogP contribution in [0, 0.1) is 6.92 Å². The fraction of sp³-hybridized carbons (Fsp3) is 0.130. The highest BCUT2D eigenvalue weighted by Crippen LogP contribution is 2.30. The number of aryl methyl sites for hydroxylation is 2. The molecule has 1 N–H and O–H groups in total. The number of carbonyl (C=O) groups is 1. The number of anilines is 1. The highest BCUT2D eigenvalue weighted by molar-refractivity contribution is 7.19. The molecule has 2 heterocycles. The molecule has 5 aromatic rings. The van der Waals surface area contributed by atoms with E-state index >= 15 is 0 Å². The van der Waals surface area contributed by atoms with Crippen LogP contribution in [0.4, 0.5) is 5.69 Å². The molecule has 0 spiro atoms. The molecule has 0 radical (unpaired) electrons. The normalized spacial score (nSPS) is 11.3. The third-order valence-electron chi connectivity index (χ3n) is 5.22. The minimum absolute atomic E-state index is 0.181. The number of hydrogen-bond donors (Lipinski definition) is 1. The lowest BCUT2D eigenvalue weighted by molar-refractivity contribution is 0.102. The summed E-state index contributed by atoms with van der Waals surface area (Å²) in [6.45, 7) is 3.99. The van der Waals surface area contributed by atoms with Crippen molar-refractivity contribution in [2.45, 2.75) is 20.3 Å². The summed E-state index contributed by atoms with van der Waals surface area (Å²) in [5.74, 6) is 0.646. The minimum atomic E-state index is -0.181. The lowest BCUT2D eigenvalue weighted by atomic mass is 10.0. The van der Waals surface area contributed by atoms with Crippen molar-refractivity contribution < 1.29 is 4.79 Å². The van der Waals surface area contributed by atoms with E-state index in [1.165, 1.54) is 11.3 Å². The van der Waals surface area contributed by atoms with Gasteiger partial charge in [0.05, 0.1) is 0 Å². The zero-order valence-electron chi connectivity index (χ0n) is 16.9. The first-order valence-electron chi connectivity index (χ1n) is 9.86. The van der Waals surface area contributed by atoms with Gasteiger partial charge in [0.25, 0.3) is 5.91 Å². The van der Waals surface area contributed by atoms with Crippen molar-refractivity contribution in [1.82, 2.24) is 19.8 Å². The first-order chi connectivity index (χ1) is 15.0. The smallest absolute Gasteiger partial charge is 0.256 e. The summed E-state index contributed by atoms with van der Waals surface area (Å²) in [7, 11) is 0. The Hall–Kier alpha value is -3.29. The lowest BCUT2D eigenvalue weighted by Crippen LogP contribution is -2.13. The Morgan fingerprint density at radius 2 is 1.90 bits per heavy atom. The first kappa shape index (κ1) is 19.7. The summed E-state index contributed by atoms with van der Waals surface area (Å²) < 4.78 is 1.78. The summed E-state index contributed by atoms with van der Waals surface area (Å²) in [6.07, 6.45) is 0.759. The topological polar surface area (TPSA) is 72.2 Å². The van der Waals surface area contributed by atoms with Gasteiger partial charge in [0.1, 0.15) is 5.01 Å². The molecule has 0 saturated carbocycles. The molecule has 2 aromatic heterocycles. The Morgan fingerprint density at radius 3 is 2.74 bits per heavy atom. The molecule has 3 aromatic carbocycles. The average Bonchev–Trinajstić information content (AvgIpc) is 3.36. The first-order valence-corrected chi connectivity index (χ1v) is 11.1. The molecule has 0 atom stereocenters. The molecule has 6 nitrogen and oxygen atoms in total. The number of halogens is 1. The maximum absolute atomic E-state index is 13.1. The number of fused-ring (bicyclic) bond motifs is 2. The van der Waals surface area contributed by atoms with Gasteiger partial charge in [-0.25, -0.2) is 0 Å². The van der Waals surface area contributed by atoms with Crippen molar-refractivity contribution in [3.05, 3.63) is 76.6 Å². The number of carbonyl (C=O) groups excluding carboxylic acids is 1. The zero-order chi connectivity index (χ0) is 21.5. The molecule has 0 aliphatic heterocycles. The highest BCUT2D eigenvalue weighted by Gasteiger charge is 2.15. The molecule has 0 aliphatic carbocycles. The van der Waals surface area contributed by atoms with E-state index < -0.39 is 0 Å². The number of hydrogen-bond acceptors (Lipinski definition) is 5. The van der Waals surface area contributed by atoms with Crippen LogP contribution in [0.2, 0.25) is 5.02 Å². The Balaban J connectivity index is 1.50. The van der Waals surface area contributed by atoms with Crippen LogP contribution in [0.15, 0.2) is 54.6 Å². The molecule has 0 saturated heterocycles. The second-order valence-electron chi connectivity index (χ2n) is 7.20. The summed E-state index contributed by atoms with van der Waals surface area (Å²) in [6, 6.07) is 17.1. The van der Waals surface area contributed by atoms with E-state index in [0.29, 0.717) is 10.6 Å². The van der Waals surface area contributed by atoms with Crippen molar-refractivity contribution in [2.75, 3.05) is 5.32 Å². The molecular formula is C23H18ClN5OS. The van der Waals surface area contributed by atoms with E-state index in [9.17, 15) is 4.79 Å². The molecule has 154 valence electrons. The summed E-state index contributed by atoms with van der Waals surface area (Å²) in [5, 5.41) is 19.2. The van der Waals surface area contributed by atoms with E-state index in [4.69, 9.17) is 11.6 Å². The van der Waals surface area contributed by atoms with Crippen LogP contribution >= 0.6 is 22.9 Å². The summed E-state index contributed by atoms with van der Waals surface area (Å²) >= 11 is 7.78. The van der Waals surface area contributed by atoms with Gasteiger partial charge in [-0.1, -0.05) is 66.3 Å². The second kappa shape index (κ2) is 7.76. The minimum Gasteiger partial charge on any atom is -0.322 e. The van der Waals surface area contributed by atoms with Gasteiger partial charge in [-0.05, 0) is 36.1 Å². The van der Waals surface area contributed by atoms with Crippen LogP contribution in [-0.4, -0.2) is 25.7 Å². The quantitative estimate of drug-likeness (QED) is 0.379. The Morgan fingerprint density at radius 1 is 1.10 bits per heavy atom. The molecule has 1 amide bonds. The SMILES string of the molecule is CCc1nnc2sc(-c3ccc(C)c(NC(=O)c4cccc5c(Cl)cccc45)c3)nn12. The fourth-order valence-corrected chi connectivity index (χ4v) is 4.64. The van der Waals surface area contributed by atoms with Gasteiger partial charge < -0.3 is 5.32 Å². The van der Waals surface area contributed by atoms with Crippen molar-refractivity contribution in [3.8, 4) is 10.6 Å². The number of benzene rings is 3. The summed E-state index contributed by atoms with van der Waals surface area (Å²) in [4.78, 5) is 13.9. The Bertz CT molecular complexity index is 1460. The third-order valence-corrected chi connectivity index (χ3v) is 6.50. The standard InChI is InChI=1S/C23H18ClN5OS/c1-3-20-26-27-23-29(20)28-22(31-23)14-11-10-13(2)19(12-14)25-21(30)17-8-4-7-16-15(17)6-5-9-18(16)24/h4-12H,3H2,1-2H3,(H,25,30). The van der Waals surface area contributed by atoms with Crippen molar-refractivity contribution in [2.24, 2.45) is 0 Å². The largest absolute Gasteiger partial charge is 0.322 e. The van der Waals surface area contributed by atoms with Gasteiger partial charge in [-0.15, -0.1) is 10.2 Å². The van der Waals surface area contributed by atoms with Crippen LogP contribution < -0.4 is 5.32 Å². The third kappa shape index (κ3) is 3.45. The van der Waals surface area contributed by atoms with Gasteiger partial charge in [-0.3, -0.25) is 4.79 Å². The van der Waals surface area contributed by atoms with Gasteiger partial charge in [0, 0.05) is 33.6 Å². The number of rotatable bonds is 4. The molecule has 0 aliphatic rings. The van der Waals surface area contributed by atoms with Crippen LogP contribution in [0.25, 0.3) is 26.3 Å². The van der Waals surface area contributed by atoms with Crippen LogP contribution in [0.1, 0.15) is 28.7 Å². The van der Waals surface area contributed by atoms with Gasteiger partial charge in [-0.2, -0.15) is 9.61 Å². The molecule has 0 unspecified atom stereocenters. The number of amides is 1. The van der Waals surface area contributed by atoms with Crippen molar-refractivity contribution >= 4 is 50.3 Å². The average molecular weight is 448 g/mol. The van der Waals surface area contributed by atoms with Gasteiger partial charge in [0.15, 0.2) is 5.82 Å². The molecule has 0 bridgehead atoms. The lowest BCUT2D eigenvalue weighted by Gasteiger charge is -2.12. The predicted molar refractivity (Wildman–Crippen MR) is 125 cm³/mol. The zero-order valence-corrected chi connectivity index (χ0v) is 18.5. The summed E-state index contributed by atoms with van der Waals surface area (Å²) in [5.41, 5.74) is 3.20.